The molecule has 13 heavy (non-hydrogen) atoms. The first-order valence-corrected chi connectivity index (χ1v) is 6.40. The highest BCUT2D eigenvalue weighted by atomic mass is 32.2. The largest absolute Gasteiger partial charge is 0.342 e. The molecule has 1 rings (SSSR count). The van der Waals surface area contributed by atoms with Gasteiger partial charge in [0, 0.05) is 19.5 Å². The molecule has 0 N–H and O–H groups in total. The second-order valence-corrected chi connectivity index (χ2v) is 4.82. The van der Waals surface area contributed by atoms with Crippen molar-refractivity contribution in [3.8, 4) is 0 Å². The van der Waals surface area contributed by atoms with Crippen molar-refractivity contribution < 1.29 is 4.79 Å². The lowest BCUT2D eigenvalue weighted by atomic mass is 10.2. The van der Waals surface area contributed by atoms with Gasteiger partial charge in [-0.25, -0.2) is 0 Å². The van der Waals surface area contributed by atoms with E-state index in [1.807, 2.05) is 16.7 Å². The van der Waals surface area contributed by atoms with E-state index >= 15 is 0 Å². The van der Waals surface area contributed by atoms with Crippen molar-refractivity contribution >= 4 is 17.7 Å². The van der Waals surface area contributed by atoms with E-state index in [0.29, 0.717) is 11.8 Å². The number of likely N-dealkylation sites (tertiary alicyclic amines) is 1. The average molecular weight is 201 g/mol. The second kappa shape index (κ2) is 5.53. The van der Waals surface area contributed by atoms with E-state index in [1.54, 1.807) is 0 Å². The van der Waals surface area contributed by atoms with Crippen molar-refractivity contribution in [2.24, 2.45) is 5.92 Å². The highest BCUT2D eigenvalue weighted by molar-refractivity contribution is 7.98. The van der Waals surface area contributed by atoms with Crippen LogP contribution in [0.15, 0.2) is 0 Å². The summed E-state index contributed by atoms with van der Waals surface area (Å²) in [4.78, 5) is 13.6. The van der Waals surface area contributed by atoms with Crippen molar-refractivity contribution in [2.75, 3.05) is 25.1 Å². The lowest BCUT2D eigenvalue weighted by molar-refractivity contribution is -0.130. The van der Waals surface area contributed by atoms with E-state index in [-0.39, 0.29) is 0 Å². The van der Waals surface area contributed by atoms with Crippen LogP contribution in [0.5, 0.6) is 0 Å². The molecule has 0 aromatic heterocycles. The Kier molecular flexibility index (Phi) is 4.64. The van der Waals surface area contributed by atoms with Gasteiger partial charge in [-0.15, -0.1) is 0 Å². The number of carbonyl (C=O) groups is 1. The number of hydrogen-bond acceptors (Lipinski definition) is 2. The molecule has 1 aliphatic rings. The summed E-state index contributed by atoms with van der Waals surface area (Å²) < 4.78 is 0. The maximum absolute atomic E-state index is 11.6. The number of thioether (sulfide) groups is 1. The van der Waals surface area contributed by atoms with E-state index in [0.717, 1.165) is 31.7 Å². The van der Waals surface area contributed by atoms with Gasteiger partial charge in [-0.05, 0) is 30.8 Å². The van der Waals surface area contributed by atoms with Crippen molar-refractivity contribution in [1.82, 2.24) is 4.90 Å². The summed E-state index contributed by atoms with van der Waals surface area (Å²) in [7, 11) is 0. The van der Waals surface area contributed by atoms with Crippen molar-refractivity contribution in [1.29, 1.82) is 0 Å². The van der Waals surface area contributed by atoms with Gasteiger partial charge in [0.2, 0.25) is 5.91 Å². The molecule has 2 nitrogen and oxygen atoms in total. The molecule has 1 atom stereocenters. The first-order chi connectivity index (χ1) is 6.24. The maximum Gasteiger partial charge on any atom is 0.222 e. The number of amides is 1. The fraction of sp³-hybridized carbons (Fsp3) is 0.900. The predicted octanol–water partition coefficient (Wildman–Crippen LogP) is 2.00. The summed E-state index contributed by atoms with van der Waals surface area (Å²) in [6, 6.07) is 0. The van der Waals surface area contributed by atoms with Gasteiger partial charge in [0.05, 0.1) is 0 Å². The minimum Gasteiger partial charge on any atom is -0.342 e. The molecule has 0 spiro atoms. The molecule has 1 unspecified atom stereocenters. The molecular weight excluding hydrogens is 182 g/mol. The maximum atomic E-state index is 11.6. The zero-order chi connectivity index (χ0) is 9.68. The molecule has 0 aromatic carbocycles. The number of nitrogens with zero attached hydrogens (tertiary/aromatic N) is 1. The molecule has 0 bridgehead atoms. The van der Waals surface area contributed by atoms with E-state index in [2.05, 4.69) is 13.2 Å². The Morgan fingerprint density at radius 1 is 1.62 bits per heavy atom. The molecule has 0 radical (unpaired) electrons. The van der Waals surface area contributed by atoms with Crippen LogP contribution in [-0.4, -0.2) is 35.9 Å². The molecule has 0 aliphatic carbocycles. The minimum absolute atomic E-state index is 0.360. The highest BCUT2D eigenvalue weighted by Crippen LogP contribution is 2.16. The lowest BCUT2D eigenvalue weighted by Crippen LogP contribution is -2.28. The average Bonchev–Trinajstić information content (AvgIpc) is 2.52. The second-order valence-electron chi connectivity index (χ2n) is 3.83. The molecule has 1 heterocycles. The number of rotatable bonds is 4. The van der Waals surface area contributed by atoms with Crippen LogP contribution in [0.25, 0.3) is 0 Å². The van der Waals surface area contributed by atoms with Gasteiger partial charge in [-0.2, -0.15) is 11.8 Å². The minimum atomic E-state index is 0.360. The molecule has 1 aliphatic heterocycles. The van der Waals surface area contributed by atoms with Gasteiger partial charge in [-0.3, -0.25) is 4.79 Å². The summed E-state index contributed by atoms with van der Waals surface area (Å²) in [5.74, 6) is 2.18. The predicted molar refractivity (Wildman–Crippen MR) is 58.0 cm³/mol. The molecule has 0 saturated carbocycles. The normalized spacial score (nSPS) is 22.3. The van der Waals surface area contributed by atoms with Gasteiger partial charge in [0.1, 0.15) is 0 Å². The van der Waals surface area contributed by atoms with Crippen LogP contribution in [0.2, 0.25) is 0 Å². The Bertz CT molecular complexity index is 172. The van der Waals surface area contributed by atoms with Crippen LogP contribution in [-0.2, 0) is 4.79 Å². The van der Waals surface area contributed by atoms with Gasteiger partial charge in [0.25, 0.3) is 0 Å². The van der Waals surface area contributed by atoms with E-state index in [9.17, 15) is 4.79 Å². The Morgan fingerprint density at radius 3 is 2.92 bits per heavy atom. The Labute approximate surface area is 85.1 Å². The van der Waals surface area contributed by atoms with E-state index < -0.39 is 0 Å². The van der Waals surface area contributed by atoms with Gasteiger partial charge in [0.15, 0.2) is 0 Å². The number of hydrogen-bond donors (Lipinski definition) is 0. The summed E-state index contributed by atoms with van der Waals surface area (Å²) in [6.07, 6.45) is 5.05. The molecule has 76 valence electrons. The quantitative estimate of drug-likeness (QED) is 0.648. The standard InChI is InChI=1S/C10H19NOS/c1-9-5-6-11(8-9)10(12)4-3-7-13-2/h9H,3-8H2,1-2H3. The van der Waals surface area contributed by atoms with Crippen LogP contribution >= 0.6 is 11.8 Å². The Hall–Kier alpha value is -0.180. The first-order valence-electron chi connectivity index (χ1n) is 5.00. The van der Waals surface area contributed by atoms with Crippen molar-refractivity contribution in [2.45, 2.75) is 26.2 Å². The summed E-state index contributed by atoms with van der Waals surface area (Å²) in [5.41, 5.74) is 0. The Morgan fingerprint density at radius 2 is 2.38 bits per heavy atom. The van der Waals surface area contributed by atoms with Crippen LogP contribution < -0.4 is 0 Å². The summed E-state index contributed by atoms with van der Waals surface area (Å²) in [5, 5.41) is 0. The molecule has 1 amide bonds. The van der Waals surface area contributed by atoms with Crippen LogP contribution in [0.1, 0.15) is 26.2 Å². The molecule has 0 aromatic rings. The van der Waals surface area contributed by atoms with Crippen LogP contribution in [0.4, 0.5) is 0 Å². The molecule has 3 heteroatoms. The monoisotopic (exact) mass is 201 g/mol. The van der Waals surface area contributed by atoms with Gasteiger partial charge < -0.3 is 4.90 Å². The SMILES string of the molecule is CSCCCC(=O)N1CCC(C)C1. The summed E-state index contributed by atoms with van der Waals surface area (Å²) in [6.45, 7) is 4.19. The highest BCUT2D eigenvalue weighted by Gasteiger charge is 2.22. The van der Waals surface area contributed by atoms with Crippen LogP contribution in [0.3, 0.4) is 0 Å². The third-order valence-corrected chi connectivity index (χ3v) is 3.21. The lowest BCUT2D eigenvalue weighted by Gasteiger charge is -2.15. The Balaban J connectivity index is 2.16. The van der Waals surface area contributed by atoms with Gasteiger partial charge >= 0.3 is 0 Å². The zero-order valence-corrected chi connectivity index (χ0v) is 9.40. The van der Waals surface area contributed by atoms with Gasteiger partial charge in [-0.1, -0.05) is 6.92 Å². The van der Waals surface area contributed by atoms with Crippen LogP contribution in [0, 0.1) is 5.92 Å². The third-order valence-electron chi connectivity index (χ3n) is 2.52. The van der Waals surface area contributed by atoms with Crippen molar-refractivity contribution in [3.63, 3.8) is 0 Å². The van der Waals surface area contributed by atoms with Crippen molar-refractivity contribution in [3.05, 3.63) is 0 Å². The smallest absolute Gasteiger partial charge is 0.222 e. The third kappa shape index (κ3) is 3.59. The number of carbonyl (C=O) groups excluding carboxylic acids is 1. The van der Waals surface area contributed by atoms with E-state index in [1.165, 1.54) is 6.42 Å². The first kappa shape index (κ1) is 10.9. The van der Waals surface area contributed by atoms with E-state index in [4.69, 9.17) is 0 Å². The summed E-state index contributed by atoms with van der Waals surface area (Å²) >= 11 is 1.82. The fourth-order valence-corrected chi connectivity index (χ4v) is 2.12. The zero-order valence-electron chi connectivity index (χ0n) is 8.58. The molecule has 1 fully saturated rings. The molecule has 1 saturated heterocycles. The molecular formula is C10H19NOS. The fourth-order valence-electron chi connectivity index (χ4n) is 1.69. The topological polar surface area (TPSA) is 20.3 Å².